The number of benzene rings is 1. The largest absolute Gasteiger partial charge is 0.505 e. The van der Waals surface area contributed by atoms with E-state index in [0.29, 0.717) is 49.8 Å². The van der Waals surface area contributed by atoms with Gasteiger partial charge in [-0.3, -0.25) is 14.5 Å². The average molecular weight is 575 g/mol. The minimum atomic E-state index is -0.724. The molecule has 0 aliphatic carbocycles. The SMILES string of the molecule is CCCCCCOc1ccc(C2/C(=C(\O)c3nc4c(C)cccn4c3C)C(=O)C(=O)N2CCCN2CCOCC2)cc1. The topological polar surface area (TPSA) is 96.6 Å². The Kier molecular flexibility index (Phi) is 9.59. The zero-order valence-corrected chi connectivity index (χ0v) is 25.0. The normalized spacial score (nSPS) is 19.2. The molecule has 9 nitrogen and oxygen atoms in total. The summed E-state index contributed by atoms with van der Waals surface area (Å²) in [6.45, 7) is 10.9. The maximum atomic E-state index is 13.6. The predicted molar refractivity (Wildman–Crippen MR) is 162 cm³/mol. The summed E-state index contributed by atoms with van der Waals surface area (Å²) in [6, 6.07) is 10.7. The first-order valence-corrected chi connectivity index (χ1v) is 15.2. The van der Waals surface area contributed by atoms with E-state index in [1.807, 2.05) is 60.8 Å². The van der Waals surface area contributed by atoms with Crippen molar-refractivity contribution in [1.82, 2.24) is 19.2 Å². The second kappa shape index (κ2) is 13.5. The summed E-state index contributed by atoms with van der Waals surface area (Å²) < 4.78 is 13.3. The number of aliphatic hydroxyl groups excluding tert-OH is 1. The number of nitrogens with zero attached hydrogens (tertiary/aromatic N) is 4. The van der Waals surface area contributed by atoms with Crippen molar-refractivity contribution >= 4 is 23.1 Å². The number of morpholine rings is 1. The number of likely N-dealkylation sites (tertiary alicyclic amines) is 1. The second-order valence-electron chi connectivity index (χ2n) is 11.2. The van der Waals surface area contributed by atoms with Gasteiger partial charge >= 0.3 is 0 Å². The van der Waals surface area contributed by atoms with Crippen LogP contribution >= 0.6 is 0 Å². The number of fused-ring (bicyclic) bond motifs is 1. The number of aliphatic hydroxyl groups is 1. The summed E-state index contributed by atoms with van der Waals surface area (Å²) in [5.41, 5.74) is 3.49. The van der Waals surface area contributed by atoms with Crippen LogP contribution in [-0.4, -0.2) is 82.0 Å². The Bertz CT molecular complexity index is 1440. The van der Waals surface area contributed by atoms with Crippen molar-refractivity contribution in [3.63, 3.8) is 0 Å². The number of carbonyl (C=O) groups is 2. The molecule has 1 aromatic carbocycles. The lowest BCUT2D eigenvalue weighted by atomic mass is 9.96. The van der Waals surface area contributed by atoms with Gasteiger partial charge in [-0.2, -0.15) is 0 Å². The Balaban J connectivity index is 1.46. The molecule has 4 heterocycles. The molecule has 1 unspecified atom stereocenters. The third-order valence-corrected chi connectivity index (χ3v) is 8.29. The van der Waals surface area contributed by atoms with Crippen molar-refractivity contribution in [2.75, 3.05) is 46.0 Å². The van der Waals surface area contributed by atoms with E-state index < -0.39 is 17.7 Å². The van der Waals surface area contributed by atoms with Gasteiger partial charge in [-0.1, -0.05) is 44.4 Å². The summed E-state index contributed by atoms with van der Waals surface area (Å²) in [5.74, 6) is -0.789. The number of ether oxygens (including phenoxy) is 2. The highest BCUT2D eigenvalue weighted by molar-refractivity contribution is 6.46. The number of amides is 1. The molecule has 1 amide bonds. The van der Waals surface area contributed by atoms with Crippen LogP contribution in [0.1, 0.15) is 67.6 Å². The highest BCUT2D eigenvalue weighted by atomic mass is 16.5. The molecule has 2 aliphatic rings. The van der Waals surface area contributed by atoms with Gasteiger partial charge in [0.2, 0.25) is 0 Å². The molecular weight excluding hydrogens is 532 g/mol. The quantitative estimate of drug-likeness (QED) is 0.140. The van der Waals surface area contributed by atoms with Crippen LogP contribution in [0.5, 0.6) is 5.75 Å². The minimum absolute atomic E-state index is 0.0729. The number of aryl methyl sites for hydroxylation is 2. The van der Waals surface area contributed by atoms with Crippen LogP contribution in [-0.2, 0) is 14.3 Å². The van der Waals surface area contributed by atoms with Gasteiger partial charge in [0.25, 0.3) is 11.7 Å². The Morgan fingerprint density at radius 3 is 2.50 bits per heavy atom. The van der Waals surface area contributed by atoms with E-state index in [1.165, 1.54) is 12.8 Å². The van der Waals surface area contributed by atoms with E-state index in [2.05, 4.69) is 11.8 Å². The molecule has 3 aromatic rings. The van der Waals surface area contributed by atoms with Crippen LogP contribution in [0.4, 0.5) is 0 Å². The van der Waals surface area contributed by atoms with Gasteiger partial charge in [-0.05, 0) is 56.0 Å². The second-order valence-corrected chi connectivity index (χ2v) is 11.2. The Morgan fingerprint density at radius 2 is 1.79 bits per heavy atom. The fourth-order valence-electron chi connectivity index (χ4n) is 5.89. The van der Waals surface area contributed by atoms with Gasteiger partial charge in [0, 0.05) is 32.4 Å². The molecular formula is C33H42N4O5. The number of unbranched alkanes of at least 4 members (excludes halogenated alkanes) is 3. The maximum absolute atomic E-state index is 13.6. The summed E-state index contributed by atoms with van der Waals surface area (Å²) >= 11 is 0. The van der Waals surface area contributed by atoms with Gasteiger partial charge < -0.3 is 23.9 Å². The smallest absolute Gasteiger partial charge is 0.295 e. The van der Waals surface area contributed by atoms with Crippen molar-refractivity contribution < 1.29 is 24.2 Å². The fraction of sp³-hybridized carbons (Fsp3) is 0.485. The number of aromatic nitrogens is 2. The maximum Gasteiger partial charge on any atom is 0.295 e. The van der Waals surface area contributed by atoms with E-state index >= 15 is 0 Å². The number of hydrogen-bond acceptors (Lipinski definition) is 7. The first-order chi connectivity index (χ1) is 20.4. The lowest BCUT2D eigenvalue weighted by Gasteiger charge is -2.29. The number of Topliss-reactive ketones (excluding diaryl/α,β-unsaturated/α-hetero) is 1. The summed E-state index contributed by atoms with van der Waals surface area (Å²) in [4.78, 5) is 35.7. The molecule has 0 bridgehead atoms. The van der Waals surface area contributed by atoms with E-state index in [4.69, 9.17) is 14.5 Å². The van der Waals surface area contributed by atoms with Crippen molar-refractivity contribution in [1.29, 1.82) is 0 Å². The zero-order chi connectivity index (χ0) is 29.6. The highest BCUT2D eigenvalue weighted by Gasteiger charge is 2.46. The molecule has 2 aromatic heterocycles. The lowest BCUT2D eigenvalue weighted by Crippen LogP contribution is -2.38. The van der Waals surface area contributed by atoms with Gasteiger partial charge in [-0.15, -0.1) is 0 Å². The lowest BCUT2D eigenvalue weighted by molar-refractivity contribution is -0.140. The highest BCUT2D eigenvalue weighted by Crippen LogP contribution is 2.40. The van der Waals surface area contributed by atoms with Crippen LogP contribution in [0.15, 0.2) is 48.2 Å². The van der Waals surface area contributed by atoms with Gasteiger partial charge in [-0.25, -0.2) is 4.98 Å². The molecule has 1 N–H and O–H groups in total. The van der Waals surface area contributed by atoms with Crippen molar-refractivity contribution in [2.24, 2.45) is 0 Å². The number of hydrogen-bond donors (Lipinski definition) is 1. The molecule has 5 rings (SSSR count). The molecule has 0 spiro atoms. The van der Waals surface area contributed by atoms with Crippen LogP contribution < -0.4 is 4.74 Å². The molecule has 42 heavy (non-hydrogen) atoms. The van der Waals surface area contributed by atoms with E-state index in [0.717, 1.165) is 49.4 Å². The van der Waals surface area contributed by atoms with Crippen LogP contribution in [0, 0.1) is 13.8 Å². The number of carbonyl (C=O) groups excluding carboxylic acids is 2. The molecule has 1 atom stereocenters. The van der Waals surface area contributed by atoms with Crippen molar-refractivity contribution in [2.45, 2.75) is 58.9 Å². The van der Waals surface area contributed by atoms with Gasteiger partial charge in [0.1, 0.15) is 17.1 Å². The molecule has 0 radical (unpaired) electrons. The van der Waals surface area contributed by atoms with E-state index in [1.54, 1.807) is 4.90 Å². The van der Waals surface area contributed by atoms with Crippen LogP contribution in [0.2, 0.25) is 0 Å². The molecule has 0 saturated carbocycles. The minimum Gasteiger partial charge on any atom is -0.505 e. The molecule has 224 valence electrons. The van der Waals surface area contributed by atoms with Crippen molar-refractivity contribution in [3.05, 3.63) is 70.7 Å². The predicted octanol–water partition coefficient (Wildman–Crippen LogP) is 5.05. The van der Waals surface area contributed by atoms with Crippen LogP contribution in [0.25, 0.3) is 11.4 Å². The standard InChI is InChI=1S/C33H42N4O5/c1-4-5-6-7-20-42-26-13-11-25(12-14-26)29-27(30(38)28-24(3)36-16-8-10-23(2)32(36)34-28)31(39)33(40)37(29)17-9-15-35-18-21-41-22-19-35/h8,10-14,16,29,38H,4-7,9,15,17-22H2,1-3H3/b30-27+. The summed E-state index contributed by atoms with van der Waals surface area (Å²) in [6.07, 6.45) is 7.08. The van der Waals surface area contributed by atoms with E-state index in [-0.39, 0.29) is 11.3 Å². The zero-order valence-electron chi connectivity index (χ0n) is 25.0. The molecule has 2 fully saturated rings. The summed E-state index contributed by atoms with van der Waals surface area (Å²) in [5, 5.41) is 11.7. The third-order valence-electron chi connectivity index (χ3n) is 8.29. The number of rotatable bonds is 12. The monoisotopic (exact) mass is 574 g/mol. The molecule has 2 aliphatic heterocycles. The molecule has 9 heteroatoms. The summed E-state index contributed by atoms with van der Waals surface area (Å²) in [7, 11) is 0. The van der Waals surface area contributed by atoms with E-state index in [9.17, 15) is 14.7 Å². The Hall–Kier alpha value is -3.69. The van der Waals surface area contributed by atoms with Crippen molar-refractivity contribution in [3.8, 4) is 5.75 Å². The average Bonchev–Trinajstić information content (AvgIpc) is 3.47. The number of pyridine rings is 1. The Morgan fingerprint density at radius 1 is 1.02 bits per heavy atom. The number of imidazole rings is 1. The fourth-order valence-corrected chi connectivity index (χ4v) is 5.89. The first kappa shape index (κ1) is 29.8. The first-order valence-electron chi connectivity index (χ1n) is 15.2. The number of ketones is 1. The van der Waals surface area contributed by atoms with Crippen LogP contribution in [0.3, 0.4) is 0 Å². The molecule has 2 saturated heterocycles. The third kappa shape index (κ3) is 6.22. The Labute approximate surface area is 247 Å². The van der Waals surface area contributed by atoms with Gasteiger partial charge in [0.05, 0.1) is 37.1 Å². The van der Waals surface area contributed by atoms with Gasteiger partial charge in [0.15, 0.2) is 5.76 Å².